The van der Waals surface area contributed by atoms with Crippen LogP contribution >= 0.6 is 12.2 Å². The molecular weight excluding hydrogens is 238 g/mol. The van der Waals surface area contributed by atoms with Gasteiger partial charge in [0, 0.05) is 7.05 Å². The monoisotopic (exact) mass is 253 g/mol. The topological polar surface area (TPSA) is 38.8 Å². The maximum atomic E-state index is 11.8. The van der Waals surface area contributed by atoms with Crippen molar-refractivity contribution in [2.75, 3.05) is 13.7 Å². The summed E-state index contributed by atoms with van der Waals surface area (Å²) >= 11 is 1.21. The standard InChI is InChI=1S/C12H15NO3S/c1-13-11(7-8-16-17-13)12(14)15-9-10-5-3-2-4-6-10/h2-6,11H,7-9H2,1H3. The van der Waals surface area contributed by atoms with Gasteiger partial charge in [0.2, 0.25) is 0 Å². The van der Waals surface area contributed by atoms with Gasteiger partial charge in [-0.15, -0.1) is 0 Å². The highest BCUT2D eigenvalue weighted by atomic mass is 32.2. The lowest BCUT2D eigenvalue weighted by Gasteiger charge is -2.28. The Kier molecular flexibility index (Phi) is 4.42. The average Bonchev–Trinajstić information content (AvgIpc) is 2.38. The number of likely N-dealkylation sites (N-methyl/N-ethyl adjacent to an activating group) is 1. The number of carbonyl (C=O) groups is 1. The first-order valence-electron chi connectivity index (χ1n) is 5.50. The molecule has 0 amide bonds. The zero-order valence-electron chi connectivity index (χ0n) is 9.67. The molecular formula is C12H15NO3S. The van der Waals surface area contributed by atoms with Crippen LogP contribution in [0.3, 0.4) is 0 Å². The van der Waals surface area contributed by atoms with Crippen molar-refractivity contribution in [3.63, 3.8) is 0 Å². The minimum atomic E-state index is -0.211. The number of esters is 1. The Bertz CT molecular complexity index is 371. The van der Waals surface area contributed by atoms with E-state index in [0.717, 1.165) is 5.56 Å². The summed E-state index contributed by atoms with van der Waals surface area (Å²) in [5.41, 5.74) is 1.00. The van der Waals surface area contributed by atoms with Crippen molar-refractivity contribution in [3.8, 4) is 0 Å². The van der Waals surface area contributed by atoms with Crippen LogP contribution in [-0.2, 0) is 20.3 Å². The molecule has 0 bridgehead atoms. The quantitative estimate of drug-likeness (QED) is 0.468. The zero-order chi connectivity index (χ0) is 12.1. The summed E-state index contributed by atoms with van der Waals surface area (Å²) in [7, 11) is 1.83. The lowest BCUT2D eigenvalue weighted by molar-refractivity contribution is -0.150. The normalized spacial score (nSPS) is 21.1. The van der Waals surface area contributed by atoms with E-state index in [1.165, 1.54) is 12.2 Å². The second-order valence-corrected chi connectivity index (χ2v) is 4.80. The van der Waals surface area contributed by atoms with E-state index in [1.54, 1.807) is 4.31 Å². The van der Waals surface area contributed by atoms with Crippen LogP contribution < -0.4 is 0 Å². The fraction of sp³-hybridized carbons (Fsp3) is 0.417. The number of carbonyl (C=O) groups excluding carboxylic acids is 1. The number of benzene rings is 1. The second kappa shape index (κ2) is 6.05. The molecule has 1 atom stereocenters. The van der Waals surface area contributed by atoms with Crippen molar-refractivity contribution < 1.29 is 13.7 Å². The first-order chi connectivity index (χ1) is 8.27. The van der Waals surface area contributed by atoms with Gasteiger partial charge in [-0.05, 0) is 12.0 Å². The van der Waals surface area contributed by atoms with Crippen molar-refractivity contribution in [1.29, 1.82) is 0 Å². The summed E-state index contributed by atoms with van der Waals surface area (Å²) < 4.78 is 12.2. The van der Waals surface area contributed by atoms with Crippen LogP contribution in [0.5, 0.6) is 0 Å². The molecule has 17 heavy (non-hydrogen) atoms. The van der Waals surface area contributed by atoms with E-state index in [2.05, 4.69) is 0 Å². The van der Waals surface area contributed by atoms with Crippen LogP contribution in [0.25, 0.3) is 0 Å². The molecule has 0 radical (unpaired) electrons. The smallest absolute Gasteiger partial charge is 0.324 e. The van der Waals surface area contributed by atoms with E-state index in [-0.39, 0.29) is 12.0 Å². The van der Waals surface area contributed by atoms with E-state index < -0.39 is 0 Å². The SMILES string of the molecule is CN1SOCCC1C(=O)OCc1ccccc1. The fourth-order valence-corrected chi connectivity index (χ4v) is 2.24. The number of rotatable bonds is 3. The van der Waals surface area contributed by atoms with Gasteiger partial charge in [0.25, 0.3) is 0 Å². The molecule has 0 N–H and O–H groups in total. The molecule has 1 aliphatic heterocycles. The van der Waals surface area contributed by atoms with Crippen molar-refractivity contribution in [1.82, 2.24) is 4.31 Å². The number of hydrogen-bond acceptors (Lipinski definition) is 5. The van der Waals surface area contributed by atoms with Gasteiger partial charge in [-0.3, -0.25) is 4.79 Å². The molecule has 1 heterocycles. The summed E-state index contributed by atoms with van der Waals surface area (Å²) in [5, 5.41) is 0. The van der Waals surface area contributed by atoms with Crippen LogP contribution in [0.4, 0.5) is 0 Å². The highest BCUT2D eigenvalue weighted by Crippen LogP contribution is 2.22. The minimum absolute atomic E-state index is 0.188. The minimum Gasteiger partial charge on any atom is -0.460 e. The van der Waals surface area contributed by atoms with E-state index in [1.807, 2.05) is 37.4 Å². The first-order valence-corrected chi connectivity index (χ1v) is 6.20. The zero-order valence-corrected chi connectivity index (χ0v) is 10.5. The molecule has 4 nitrogen and oxygen atoms in total. The highest BCUT2D eigenvalue weighted by molar-refractivity contribution is 7.92. The van der Waals surface area contributed by atoms with Crippen molar-refractivity contribution in [3.05, 3.63) is 35.9 Å². The summed E-state index contributed by atoms with van der Waals surface area (Å²) in [6.07, 6.45) is 0.678. The molecule has 5 heteroatoms. The largest absolute Gasteiger partial charge is 0.460 e. The highest BCUT2D eigenvalue weighted by Gasteiger charge is 2.28. The molecule has 1 saturated heterocycles. The van der Waals surface area contributed by atoms with E-state index in [9.17, 15) is 4.79 Å². The van der Waals surface area contributed by atoms with E-state index >= 15 is 0 Å². The lowest BCUT2D eigenvalue weighted by Crippen LogP contribution is -2.39. The van der Waals surface area contributed by atoms with Gasteiger partial charge >= 0.3 is 5.97 Å². The van der Waals surface area contributed by atoms with Gasteiger partial charge < -0.3 is 8.92 Å². The van der Waals surface area contributed by atoms with Gasteiger partial charge in [-0.25, -0.2) is 4.31 Å². The molecule has 2 rings (SSSR count). The predicted octanol–water partition coefficient (Wildman–Crippen LogP) is 2.01. The van der Waals surface area contributed by atoms with Crippen molar-refractivity contribution >= 4 is 18.2 Å². The maximum Gasteiger partial charge on any atom is 0.324 e. The Balaban J connectivity index is 1.84. The Labute approximate surface area is 105 Å². The molecule has 1 aliphatic rings. The molecule has 92 valence electrons. The third-order valence-corrected chi connectivity index (χ3v) is 3.34. The first kappa shape index (κ1) is 12.4. The van der Waals surface area contributed by atoms with Gasteiger partial charge in [0.15, 0.2) is 0 Å². The van der Waals surface area contributed by atoms with Crippen LogP contribution in [-0.4, -0.2) is 30.0 Å². The molecule has 1 aromatic carbocycles. The Hall–Kier alpha value is -1.04. The molecule has 0 aliphatic carbocycles. The van der Waals surface area contributed by atoms with Gasteiger partial charge in [-0.1, -0.05) is 30.3 Å². The van der Waals surface area contributed by atoms with Crippen LogP contribution in [0.2, 0.25) is 0 Å². The van der Waals surface area contributed by atoms with E-state index in [4.69, 9.17) is 8.92 Å². The summed E-state index contributed by atoms with van der Waals surface area (Å²) in [6.45, 7) is 0.912. The fourth-order valence-electron chi connectivity index (χ4n) is 1.61. The Morgan fingerprint density at radius 3 is 3.00 bits per heavy atom. The predicted molar refractivity (Wildman–Crippen MR) is 65.9 cm³/mol. The molecule has 0 aromatic heterocycles. The number of nitrogens with zero attached hydrogens (tertiary/aromatic N) is 1. The summed E-state index contributed by atoms with van der Waals surface area (Å²) in [5.74, 6) is -0.188. The Morgan fingerprint density at radius 1 is 1.53 bits per heavy atom. The number of ether oxygens (including phenoxy) is 1. The molecule has 0 saturated carbocycles. The molecule has 1 aromatic rings. The average molecular weight is 253 g/mol. The van der Waals surface area contributed by atoms with Crippen LogP contribution in [0.1, 0.15) is 12.0 Å². The lowest BCUT2D eigenvalue weighted by atomic mass is 10.2. The third kappa shape index (κ3) is 3.46. The van der Waals surface area contributed by atoms with Crippen LogP contribution in [0.15, 0.2) is 30.3 Å². The maximum absolute atomic E-state index is 11.8. The van der Waals surface area contributed by atoms with Crippen molar-refractivity contribution in [2.24, 2.45) is 0 Å². The van der Waals surface area contributed by atoms with Crippen LogP contribution in [0, 0.1) is 0 Å². The van der Waals surface area contributed by atoms with E-state index in [0.29, 0.717) is 19.6 Å². The second-order valence-electron chi connectivity index (χ2n) is 3.84. The molecule has 1 unspecified atom stereocenters. The number of hydrogen-bond donors (Lipinski definition) is 0. The molecule has 1 fully saturated rings. The summed E-state index contributed by atoms with van der Waals surface area (Å²) in [6, 6.07) is 9.47. The molecule has 0 spiro atoms. The van der Waals surface area contributed by atoms with Crippen molar-refractivity contribution in [2.45, 2.75) is 19.1 Å². The van der Waals surface area contributed by atoms with Gasteiger partial charge in [0.1, 0.15) is 12.6 Å². The van der Waals surface area contributed by atoms with Gasteiger partial charge in [0.05, 0.1) is 18.8 Å². The Morgan fingerprint density at radius 2 is 2.29 bits per heavy atom. The van der Waals surface area contributed by atoms with Gasteiger partial charge in [-0.2, -0.15) is 0 Å². The summed E-state index contributed by atoms with van der Waals surface area (Å²) in [4.78, 5) is 11.8. The third-order valence-electron chi connectivity index (χ3n) is 2.58.